The largest absolute Gasteiger partial charge is 0.330 e. The summed E-state index contributed by atoms with van der Waals surface area (Å²) in [7, 11) is -3.36. The smallest absolute Gasteiger partial charge is 0.254 e. The Morgan fingerprint density at radius 3 is 2.61 bits per heavy atom. The fourth-order valence-corrected chi connectivity index (χ4v) is 5.23. The second-order valence-electron chi connectivity index (χ2n) is 4.36. The molecule has 0 saturated carbocycles. The van der Waals surface area contributed by atoms with E-state index in [1.54, 1.807) is 6.92 Å². The van der Waals surface area contributed by atoms with Crippen molar-refractivity contribution in [2.75, 3.05) is 19.6 Å². The standard InChI is InChI=1S/C10H17N3O2S2.ClH/c1-7-10(16-8(2)12-7)17(14,15)13-4-3-9(5-11)6-13;/h9H,3-6,11H2,1-2H3;1H. The van der Waals surface area contributed by atoms with Gasteiger partial charge in [0.15, 0.2) is 4.21 Å². The molecule has 0 amide bonds. The van der Waals surface area contributed by atoms with Gasteiger partial charge in [0.25, 0.3) is 10.0 Å². The fourth-order valence-electron chi connectivity index (χ4n) is 2.08. The topological polar surface area (TPSA) is 76.3 Å². The third-order valence-corrected chi connectivity index (χ3v) is 6.54. The van der Waals surface area contributed by atoms with Crippen molar-refractivity contribution < 1.29 is 8.42 Å². The summed E-state index contributed by atoms with van der Waals surface area (Å²) in [5, 5.41) is 0.788. The van der Waals surface area contributed by atoms with Crippen LogP contribution >= 0.6 is 23.7 Å². The lowest BCUT2D eigenvalue weighted by molar-refractivity contribution is 0.460. The van der Waals surface area contributed by atoms with Gasteiger partial charge in [-0.25, -0.2) is 13.4 Å². The van der Waals surface area contributed by atoms with Gasteiger partial charge < -0.3 is 5.73 Å². The van der Waals surface area contributed by atoms with Gasteiger partial charge in [-0.1, -0.05) is 0 Å². The lowest BCUT2D eigenvalue weighted by atomic mass is 10.1. The minimum atomic E-state index is -3.36. The number of sulfonamides is 1. The van der Waals surface area contributed by atoms with E-state index in [1.165, 1.54) is 15.6 Å². The molecule has 2 rings (SSSR count). The van der Waals surface area contributed by atoms with Crippen LogP contribution in [0.5, 0.6) is 0 Å². The number of thiazole rings is 1. The van der Waals surface area contributed by atoms with Crippen LogP contribution in [0.15, 0.2) is 4.21 Å². The molecular formula is C10H18ClN3O2S2. The molecule has 1 saturated heterocycles. The van der Waals surface area contributed by atoms with Crippen LogP contribution in [0.4, 0.5) is 0 Å². The number of hydrogen-bond donors (Lipinski definition) is 1. The molecule has 104 valence electrons. The molecule has 18 heavy (non-hydrogen) atoms. The zero-order chi connectivity index (χ0) is 12.6. The van der Waals surface area contributed by atoms with Gasteiger partial charge in [-0.3, -0.25) is 0 Å². The number of nitrogens with zero attached hydrogens (tertiary/aromatic N) is 2. The highest BCUT2D eigenvalue weighted by Crippen LogP contribution is 2.29. The first-order valence-electron chi connectivity index (χ1n) is 5.59. The van der Waals surface area contributed by atoms with Gasteiger partial charge in [0.2, 0.25) is 0 Å². The van der Waals surface area contributed by atoms with E-state index >= 15 is 0 Å². The number of rotatable bonds is 3. The SMILES string of the molecule is Cc1nc(C)c(S(=O)(=O)N2CCC(CN)C2)s1.Cl. The second-order valence-corrected chi connectivity index (χ2v) is 7.70. The molecule has 1 aromatic heterocycles. The summed E-state index contributed by atoms with van der Waals surface area (Å²) in [5.74, 6) is 0.291. The van der Waals surface area contributed by atoms with Crippen molar-refractivity contribution in [3.05, 3.63) is 10.7 Å². The van der Waals surface area contributed by atoms with E-state index in [-0.39, 0.29) is 12.4 Å². The van der Waals surface area contributed by atoms with Gasteiger partial charge in [0, 0.05) is 13.1 Å². The Morgan fingerprint density at radius 2 is 2.17 bits per heavy atom. The summed E-state index contributed by atoms with van der Waals surface area (Å²) in [4.78, 5) is 4.18. The highest BCUT2D eigenvalue weighted by molar-refractivity contribution is 7.91. The maximum absolute atomic E-state index is 12.4. The molecule has 1 aromatic rings. The Labute approximate surface area is 118 Å². The number of halogens is 1. The van der Waals surface area contributed by atoms with Crippen molar-refractivity contribution in [1.82, 2.24) is 9.29 Å². The van der Waals surface area contributed by atoms with Crippen molar-refractivity contribution in [3.8, 4) is 0 Å². The minimum Gasteiger partial charge on any atom is -0.330 e. The molecule has 8 heteroatoms. The molecule has 1 aliphatic rings. The van der Waals surface area contributed by atoms with E-state index < -0.39 is 10.0 Å². The van der Waals surface area contributed by atoms with Crippen LogP contribution in [-0.2, 0) is 10.0 Å². The number of nitrogens with two attached hydrogens (primary N) is 1. The Hall–Kier alpha value is -0.210. The van der Waals surface area contributed by atoms with Crippen LogP contribution in [0, 0.1) is 19.8 Å². The predicted octanol–water partition coefficient (Wildman–Crippen LogP) is 1.15. The highest BCUT2D eigenvalue weighted by Gasteiger charge is 2.34. The lowest BCUT2D eigenvalue weighted by Gasteiger charge is -2.15. The normalized spacial score (nSPS) is 20.9. The maximum Gasteiger partial charge on any atom is 0.254 e. The van der Waals surface area contributed by atoms with Gasteiger partial charge in [-0.05, 0) is 32.7 Å². The molecule has 0 bridgehead atoms. The van der Waals surface area contributed by atoms with Gasteiger partial charge in [-0.2, -0.15) is 4.31 Å². The molecule has 1 aliphatic heterocycles. The van der Waals surface area contributed by atoms with Crippen LogP contribution in [0.1, 0.15) is 17.1 Å². The van der Waals surface area contributed by atoms with Crippen LogP contribution in [-0.4, -0.2) is 37.3 Å². The average molecular weight is 312 g/mol. The summed E-state index contributed by atoms with van der Waals surface area (Å²) in [6.45, 7) is 5.22. The third kappa shape index (κ3) is 2.85. The van der Waals surface area contributed by atoms with Gasteiger partial charge in [0.05, 0.1) is 10.7 Å². The lowest BCUT2D eigenvalue weighted by Crippen LogP contribution is -2.29. The number of hydrogen-bond acceptors (Lipinski definition) is 5. The highest BCUT2D eigenvalue weighted by atomic mass is 35.5. The summed E-state index contributed by atoms with van der Waals surface area (Å²) in [5.41, 5.74) is 6.18. The summed E-state index contributed by atoms with van der Waals surface area (Å²) in [6, 6.07) is 0. The predicted molar refractivity (Wildman–Crippen MR) is 74.8 cm³/mol. The van der Waals surface area contributed by atoms with E-state index in [4.69, 9.17) is 5.73 Å². The first-order chi connectivity index (χ1) is 7.95. The summed E-state index contributed by atoms with van der Waals surface area (Å²) in [6.07, 6.45) is 0.854. The molecule has 0 spiro atoms. The minimum absolute atomic E-state index is 0. The fraction of sp³-hybridized carbons (Fsp3) is 0.700. The molecule has 5 nitrogen and oxygen atoms in total. The molecule has 0 aromatic carbocycles. The third-order valence-electron chi connectivity index (χ3n) is 3.02. The Morgan fingerprint density at radius 1 is 1.50 bits per heavy atom. The zero-order valence-corrected chi connectivity index (χ0v) is 12.9. The Kier molecular flexibility index (Phi) is 5.13. The van der Waals surface area contributed by atoms with E-state index in [0.717, 1.165) is 11.4 Å². The first kappa shape index (κ1) is 15.8. The number of aromatic nitrogens is 1. The van der Waals surface area contributed by atoms with Crippen LogP contribution in [0.3, 0.4) is 0 Å². The molecule has 1 unspecified atom stereocenters. The number of aryl methyl sites for hydroxylation is 2. The molecule has 1 atom stereocenters. The second kappa shape index (κ2) is 5.83. The first-order valence-corrected chi connectivity index (χ1v) is 7.85. The van der Waals surface area contributed by atoms with Gasteiger partial charge in [-0.15, -0.1) is 23.7 Å². The van der Waals surface area contributed by atoms with Crippen LogP contribution in [0.25, 0.3) is 0 Å². The molecule has 2 heterocycles. The Bertz CT molecular complexity index is 515. The van der Waals surface area contributed by atoms with Crippen LogP contribution in [0.2, 0.25) is 0 Å². The van der Waals surface area contributed by atoms with E-state index in [1.807, 2.05) is 6.92 Å². The van der Waals surface area contributed by atoms with E-state index in [2.05, 4.69) is 4.98 Å². The monoisotopic (exact) mass is 311 g/mol. The maximum atomic E-state index is 12.4. The molecule has 0 radical (unpaired) electrons. The van der Waals surface area contributed by atoms with E-state index in [0.29, 0.717) is 35.5 Å². The van der Waals surface area contributed by atoms with E-state index in [9.17, 15) is 8.42 Å². The van der Waals surface area contributed by atoms with Crippen molar-refractivity contribution in [1.29, 1.82) is 0 Å². The summed E-state index contributed by atoms with van der Waals surface area (Å²) >= 11 is 1.24. The quantitative estimate of drug-likeness (QED) is 0.908. The zero-order valence-electron chi connectivity index (χ0n) is 10.4. The van der Waals surface area contributed by atoms with Crippen molar-refractivity contribution in [2.24, 2.45) is 11.7 Å². The van der Waals surface area contributed by atoms with Crippen LogP contribution < -0.4 is 5.73 Å². The van der Waals surface area contributed by atoms with Crippen molar-refractivity contribution in [2.45, 2.75) is 24.5 Å². The van der Waals surface area contributed by atoms with Gasteiger partial charge >= 0.3 is 0 Å². The van der Waals surface area contributed by atoms with Gasteiger partial charge in [0.1, 0.15) is 0 Å². The summed E-state index contributed by atoms with van der Waals surface area (Å²) < 4.78 is 26.7. The van der Waals surface area contributed by atoms with Crippen molar-refractivity contribution >= 4 is 33.8 Å². The Balaban J connectivity index is 0.00000162. The molecule has 1 fully saturated rings. The molecule has 0 aliphatic carbocycles. The molecule has 2 N–H and O–H groups in total. The van der Waals surface area contributed by atoms with Crippen molar-refractivity contribution in [3.63, 3.8) is 0 Å². The average Bonchev–Trinajstić information content (AvgIpc) is 2.85. The molecular weight excluding hydrogens is 294 g/mol.